The van der Waals surface area contributed by atoms with E-state index in [4.69, 9.17) is 4.74 Å². The number of hydrogen-bond donors (Lipinski definition) is 0. The zero-order chi connectivity index (χ0) is 19.4. The Morgan fingerprint density at radius 1 is 1.26 bits per heavy atom. The number of amides is 1. The van der Waals surface area contributed by atoms with Gasteiger partial charge in [-0.05, 0) is 43.1 Å². The smallest absolute Gasteiger partial charge is 0.338 e. The second kappa shape index (κ2) is 8.73. The maximum Gasteiger partial charge on any atom is 0.338 e. The molecule has 1 saturated carbocycles. The fraction of sp³-hybridized carbons (Fsp3) is 0.579. The van der Waals surface area contributed by atoms with E-state index in [1.54, 1.807) is 11.2 Å². The Hall–Kier alpha value is -2.09. The summed E-state index contributed by atoms with van der Waals surface area (Å²) in [4.78, 5) is 37.5. The monoisotopic (exact) mass is 392 g/mol. The number of fused-ring (bicyclic) bond motifs is 1. The summed E-state index contributed by atoms with van der Waals surface area (Å²) in [6.45, 7) is 1.13. The van der Waals surface area contributed by atoms with Gasteiger partial charge in [-0.1, -0.05) is 19.3 Å². The first kappa shape index (κ1) is 19.7. The van der Waals surface area contributed by atoms with Crippen LogP contribution in [0.15, 0.2) is 23.1 Å². The number of nitro groups is 1. The summed E-state index contributed by atoms with van der Waals surface area (Å²) in [5, 5.41) is 11.1. The summed E-state index contributed by atoms with van der Waals surface area (Å²) in [6, 6.07) is 4.21. The van der Waals surface area contributed by atoms with Crippen molar-refractivity contribution in [2.75, 3.05) is 26.0 Å². The number of ether oxygens (including phenoxy) is 1. The molecule has 0 spiro atoms. The quantitative estimate of drug-likeness (QED) is 0.330. The Balaban J connectivity index is 1.56. The molecular weight excluding hydrogens is 368 g/mol. The van der Waals surface area contributed by atoms with Gasteiger partial charge in [-0.25, -0.2) is 4.79 Å². The summed E-state index contributed by atoms with van der Waals surface area (Å²) >= 11 is 1.24. The van der Waals surface area contributed by atoms with Gasteiger partial charge in [0.2, 0.25) is 0 Å². The number of benzene rings is 1. The van der Waals surface area contributed by atoms with E-state index in [9.17, 15) is 19.7 Å². The van der Waals surface area contributed by atoms with Crippen LogP contribution < -0.4 is 0 Å². The Morgan fingerprint density at radius 3 is 2.70 bits per heavy atom. The van der Waals surface area contributed by atoms with E-state index in [0.29, 0.717) is 17.4 Å². The highest BCUT2D eigenvalue weighted by Crippen LogP contribution is 2.36. The molecule has 2 atom stereocenters. The van der Waals surface area contributed by atoms with Crippen LogP contribution in [0.5, 0.6) is 0 Å². The van der Waals surface area contributed by atoms with Crippen LogP contribution in [0.1, 0.15) is 42.5 Å². The van der Waals surface area contributed by atoms with Crippen molar-refractivity contribution in [3.05, 3.63) is 33.9 Å². The molecule has 1 aliphatic heterocycles. The third-order valence-electron chi connectivity index (χ3n) is 5.58. The molecular formula is C19H24N2O5S. The number of likely N-dealkylation sites (tertiary alicyclic amines) is 1. The van der Waals surface area contributed by atoms with Crippen molar-refractivity contribution in [3.8, 4) is 0 Å². The molecule has 0 radical (unpaired) electrons. The van der Waals surface area contributed by atoms with E-state index in [0.717, 1.165) is 18.9 Å². The summed E-state index contributed by atoms with van der Waals surface area (Å²) < 4.78 is 5.13. The normalized spacial score (nSPS) is 22.0. The summed E-state index contributed by atoms with van der Waals surface area (Å²) in [6.07, 6.45) is 7.69. The Labute approximate surface area is 162 Å². The zero-order valence-corrected chi connectivity index (χ0v) is 16.2. The number of nitro benzene ring substituents is 1. The van der Waals surface area contributed by atoms with E-state index < -0.39 is 10.9 Å². The number of thioether (sulfide) groups is 1. The molecule has 2 fully saturated rings. The van der Waals surface area contributed by atoms with E-state index in [1.807, 2.05) is 0 Å². The second-order valence-electron chi connectivity index (χ2n) is 7.15. The topological polar surface area (TPSA) is 89.8 Å². The first-order valence-electron chi connectivity index (χ1n) is 9.27. The molecule has 7 nitrogen and oxygen atoms in total. The van der Waals surface area contributed by atoms with Crippen LogP contribution in [-0.4, -0.2) is 47.7 Å². The molecule has 1 aliphatic carbocycles. The summed E-state index contributed by atoms with van der Waals surface area (Å²) in [7, 11) is 0. The van der Waals surface area contributed by atoms with Gasteiger partial charge >= 0.3 is 5.97 Å². The largest absolute Gasteiger partial charge is 0.452 e. The molecule has 1 heterocycles. The van der Waals surface area contributed by atoms with Gasteiger partial charge in [0.05, 0.1) is 15.4 Å². The second-order valence-corrected chi connectivity index (χ2v) is 8.00. The number of nitrogens with zero attached hydrogens (tertiary/aromatic N) is 2. The number of carbonyl (C=O) groups excluding carboxylic acids is 2. The van der Waals surface area contributed by atoms with Crippen molar-refractivity contribution >= 4 is 29.3 Å². The standard InChI is InChI=1S/C19H24N2O5S/c1-27-17-7-6-14(10-16(17)21(24)25)19(23)26-12-18(22)20-9-8-13-4-2-3-5-15(13)11-20/h6-7,10,13,15H,2-5,8-9,11-12H2,1H3/t13-,15+/m0/s1. The van der Waals surface area contributed by atoms with Crippen molar-refractivity contribution in [2.24, 2.45) is 11.8 Å². The van der Waals surface area contributed by atoms with E-state index in [-0.39, 0.29) is 23.8 Å². The van der Waals surface area contributed by atoms with Crippen LogP contribution in [0.3, 0.4) is 0 Å². The van der Waals surface area contributed by atoms with Gasteiger partial charge < -0.3 is 9.64 Å². The molecule has 0 bridgehead atoms. The highest BCUT2D eigenvalue weighted by molar-refractivity contribution is 7.98. The fourth-order valence-electron chi connectivity index (χ4n) is 4.09. The molecule has 1 amide bonds. The molecule has 27 heavy (non-hydrogen) atoms. The lowest BCUT2D eigenvalue weighted by molar-refractivity contribution is -0.387. The predicted molar refractivity (Wildman–Crippen MR) is 102 cm³/mol. The average Bonchev–Trinajstić information content (AvgIpc) is 2.70. The highest BCUT2D eigenvalue weighted by Gasteiger charge is 2.33. The number of esters is 1. The summed E-state index contributed by atoms with van der Waals surface area (Å²) in [5.74, 6) is 0.379. The number of hydrogen-bond acceptors (Lipinski definition) is 6. The Bertz CT molecular complexity index is 739. The number of rotatable bonds is 5. The third-order valence-corrected chi connectivity index (χ3v) is 6.37. The highest BCUT2D eigenvalue weighted by atomic mass is 32.2. The maximum atomic E-state index is 12.4. The minimum absolute atomic E-state index is 0.0817. The molecule has 2 aliphatic rings. The zero-order valence-electron chi connectivity index (χ0n) is 15.4. The average molecular weight is 392 g/mol. The van der Waals surface area contributed by atoms with E-state index in [2.05, 4.69) is 0 Å². The minimum atomic E-state index is -0.716. The van der Waals surface area contributed by atoms with Gasteiger partial charge in [0.25, 0.3) is 11.6 Å². The van der Waals surface area contributed by atoms with E-state index >= 15 is 0 Å². The van der Waals surface area contributed by atoms with Gasteiger partial charge in [-0.2, -0.15) is 0 Å². The van der Waals surface area contributed by atoms with Crippen molar-refractivity contribution < 1.29 is 19.2 Å². The lowest BCUT2D eigenvalue weighted by atomic mass is 9.75. The van der Waals surface area contributed by atoms with Crippen LogP contribution in [0.4, 0.5) is 5.69 Å². The predicted octanol–water partition coefficient (Wildman–Crippen LogP) is 3.51. The van der Waals surface area contributed by atoms with Crippen LogP contribution in [0, 0.1) is 22.0 Å². The Kier molecular flexibility index (Phi) is 6.36. The van der Waals surface area contributed by atoms with Crippen molar-refractivity contribution in [1.29, 1.82) is 0 Å². The molecule has 146 valence electrons. The van der Waals surface area contributed by atoms with Gasteiger partial charge in [-0.15, -0.1) is 11.8 Å². The molecule has 0 aromatic heterocycles. The van der Waals surface area contributed by atoms with Gasteiger partial charge in [-0.3, -0.25) is 14.9 Å². The minimum Gasteiger partial charge on any atom is -0.452 e. The van der Waals surface area contributed by atoms with Crippen LogP contribution in [-0.2, 0) is 9.53 Å². The van der Waals surface area contributed by atoms with Crippen LogP contribution in [0.2, 0.25) is 0 Å². The van der Waals surface area contributed by atoms with Crippen molar-refractivity contribution in [2.45, 2.75) is 37.0 Å². The molecule has 8 heteroatoms. The molecule has 1 saturated heterocycles. The van der Waals surface area contributed by atoms with Crippen molar-refractivity contribution in [1.82, 2.24) is 4.90 Å². The van der Waals surface area contributed by atoms with Crippen molar-refractivity contribution in [3.63, 3.8) is 0 Å². The SMILES string of the molecule is CSc1ccc(C(=O)OCC(=O)N2CC[C@@H]3CCCC[C@@H]3C2)cc1[N+](=O)[O-]. The van der Waals surface area contributed by atoms with Crippen LogP contribution >= 0.6 is 11.8 Å². The first-order chi connectivity index (χ1) is 13.0. The molecule has 1 aromatic carbocycles. The first-order valence-corrected chi connectivity index (χ1v) is 10.5. The lowest BCUT2D eigenvalue weighted by Crippen LogP contribution is -2.46. The van der Waals surface area contributed by atoms with Gasteiger partial charge in [0.1, 0.15) is 0 Å². The third kappa shape index (κ3) is 4.61. The van der Waals surface area contributed by atoms with E-state index in [1.165, 1.54) is 55.6 Å². The van der Waals surface area contributed by atoms with Crippen LogP contribution in [0.25, 0.3) is 0 Å². The number of piperidine rings is 1. The molecule has 3 rings (SSSR count). The summed E-state index contributed by atoms with van der Waals surface area (Å²) in [5.41, 5.74) is -0.0547. The lowest BCUT2D eigenvalue weighted by Gasteiger charge is -2.41. The molecule has 0 N–H and O–H groups in total. The molecule has 1 aromatic rings. The number of carbonyl (C=O) groups is 2. The maximum absolute atomic E-state index is 12.4. The van der Waals surface area contributed by atoms with Gasteiger partial charge in [0, 0.05) is 19.2 Å². The molecule has 0 unspecified atom stereocenters. The Morgan fingerprint density at radius 2 is 2.00 bits per heavy atom. The fourth-order valence-corrected chi connectivity index (χ4v) is 4.64. The van der Waals surface area contributed by atoms with Gasteiger partial charge in [0.15, 0.2) is 6.61 Å².